The van der Waals surface area contributed by atoms with E-state index in [0.717, 1.165) is 24.8 Å². The van der Waals surface area contributed by atoms with Crippen molar-refractivity contribution in [3.8, 4) is 11.5 Å². The molecule has 5 nitrogen and oxygen atoms in total. The highest BCUT2D eigenvalue weighted by Gasteiger charge is 2.16. The number of nitrogens with two attached hydrogens (primary N) is 1. The Bertz CT molecular complexity index is 432. The number of carbonyl (C=O) groups is 1. The predicted octanol–water partition coefficient (Wildman–Crippen LogP) is 1.77. The molecule has 0 fully saturated rings. The summed E-state index contributed by atoms with van der Waals surface area (Å²) >= 11 is 0. The number of hydrogen-bond donors (Lipinski definition) is 1. The Labute approximate surface area is 113 Å². The Kier molecular flexibility index (Phi) is 6.15. The maximum Gasteiger partial charge on any atom is 0.337 e. The van der Waals surface area contributed by atoms with E-state index in [2.05, 4.69) is 0 Å². The second kappa shape index (κ2) is 7.63. The van der Waals surface area contributed by atoms with Crippen LogP contribution in [-0.4, -0.2) is 33.8 Å². The Morgan fingerprint density at radius 1 is 1.16 bits per heavy atom. The lowest BCUT2D eigenvalue weighted by molar-refractivity contribution is 0.0600. The van der Waals surface area contributed by atoms with Crippen molar-refractivity contribution in [3.63, 3.8) is 0 Å². The number of ether oxygens (including phenoxy) is 3. The van der Waals surface area contributed by atoms with Crippen molar-refractivity contribution in [3.05, 3.63) is 23.3 Å². The number of carbonyl (C=O) groups excluding carboxylic acids is 1. The van der Waals surface area contributed by atoms with Crippen molar-refractivity contribution in [2.45, 2.75) is 19.3 Å². The molecule has 0 amide bonds. The number of aryl methyl sites for hydroxylation is 1. The molecule has 2 N–H and O–H groups in total. The molecule has 1 rings (SSSR count). The summed E-state index contributed by atoms with van der Waals surface area (Å²) in [6.07, 6.45) is 2.64. The highest BCUT2D eigenvalue weighted by atomic mass is 16.5. The van der Waals surface area contributed by atoms with Gasteiger partial charge in [0, 0.05) is 0 Å². The topological polar surface area (TPSA) is 70.8 Å². The van der Waals surface area contributed by atoms with E-state index in [9.17, 15) is 4.79 Å². The molecule has 0 aliphatic carbocycles. The van der Waals surface area contributed by atoms with Gasteiger partial charge in [0.15, 0.2) is 11.5 Å². The molecule has 0 aliphatic rings. The predicted molar refractivity (Wildman–Crippen MR) is 72.9 cm³/mol. The van der Waals surface area contributed by atoms with Crippen LogP contribution in [0.2, 0.25) is 0 Å². The van der Waals surface area contributed by atoms with Gasteiger partial charge in [0.25, 0.3) is 0 Å². The van der Waals surface area contributed by atoms with Crippen LogP contribution in [0.4, 0.5) is 0 Å². The van der Waals surface area contributed by atoms with Crippen LogP contribution in [0.15, 0.2) is 12.1 Å². The summed E-state index contributed by atoms with van der Waals surface area (Å²) in [5.41, 5.74) is 6.88. The maximum absolute atomic E-state index is 11.6. The highest BCUT2D eigenvalue weighted by molar-refractivity contribution is 5.90. The van der Waals surface area contributed by atoms with Crippen LogP contribution in [0.5, 0.6) is 11.5 Å². The van der Waals surface area contributed by atoms with E-state index >= 15 is 0 Å². The zero-order valence-electron chi connectivity index (χ0n) is 11.7. The first kappa shape index (κ1) is 15.3. The van der Waals surface area contributed by atoms with Crippen molar-refractivity contribution in [1.82, 2.24) is 0 Å². The molecule has 0 saturated carbocycles. The summed E-state index contributed by atoms with van der Waals surface area (Å²) in [7, 11) is 4.48. The van der Waals surface area contributed by atoms with Gasteiger partial charge >= 0.3 is 5.97 Å². The monoisotopic (exact) mass is 267 g/mol. The number of esters is 1. The molecule has 0 aliphatic heterocycles. The van der Waals surface area contributed by atoms with Gasteiger partial charge in [0.1, 0.15) is 0 Å². The third-order valence-electron chi connectivity index (χ3n) is 2.88. The summed E-state index contributed by atoms with van der Waals surface area (Å²) in [4.78, 5) is 11.6. The van der Waals surface area contributed by atoms with Crippen molar-refractivity contribution >= 4 is 5.97 Å². The lowest BCUT2D eigenvalue weighted by atomic mass is 10.0. The molecule has 0 saturated heterocycles. The van der Waals surface area contributed by atoms with E-state index in [1.54, 1.807) is 26.4 Å². The minimum atomic E-state index is -0.388. The van der Waals surface area contributed by atoms with Gasteiger partial charge in [-0.1, -0.05) is 0 Å². The molecule has 0 radical (unpaired) electrons. The molecule has 0 heterocycles. The summed E-state index contributed by atoms with van der Waals surface area (Å²) in [5, 5.41) is 0. The largest absolute Gasteiger partial charge is 0.493 e. The third kappa shape index (κ3) is 3.86. The van der Waals surface area contributed by atoms with Gasteiger partial charge in [-0.3, -0.25) is 0 Å². The van der Waals surface area contributed by atoms with Crippen molar-refractivity contribution < 1.29 is 19.0 Å². The van der Waals surface area contributed by atoms with E-state index in [1.165, 1.54) is 7.11 Å². The van der Waals surface area contributed by atoms with E-state index < -0.39 is 0 Å². The van der Waals surface area contributed by atoms with Gasteiger partial charge < -0.3 is 19.9 Å². The lowest BCUT2D eigenvalue weighted by Crippen LogP contribution is -2.06. The zero-order valence-corrected chi connectivity index (χ0v) is 11.7. The van der Waals surface area contributed by atoms with Gasteiger partial charge in [-0.25, -0.2) is 4.79 Å². The maximum atomic E-state index is 11.6. The Morgan fingerprint density at radius 3 is 2.42 bits per heavy atom. The van der Waals surface area contributed by atoms with Crippen molar-refractivity contribution in [2.75, 3.05) is 27.9 Å². The van der Waals surface area contributed by atoms with E-state index in [4.69, 9.17) is 19.9 Å². The molecule has 5 heteroatoms. The molecule has 1 aromatic rings. The number of rotatable bonds is 7. The first-order chi connectivity index (χ1) is 9.17. The van der Waals surface area contributed by atoms with Crippen LogP contribution >= 0.6 is 0 Å². The summed E-state index contributed by atoms with van der Waals surface area (Å²) < 4.78 is 15.4. The second-order valence-corrected chi connectivity index (χ2v) is 4.11. The van der Waals surface area contributed by atoms with Gasteiger partial charge in [-0.15, -0.1) is 0 Å². The van der Waals surface area contributed by atoms with Crippen LogP contribution in [0, 0.1) is 0 Å². The van der Waals surface area contributed by atoms with E-state index in [-0.39, 0.29) is 5.97 Å². The first-order valence-electron chi connectivity index (χ1n) is 6.21. The number of methoxy groups -OCH3 is 3. The molecule has 1 aromatic carbocycles. The summed E-state index contributed by atoms with van der Waals surface area (Å²) in [6.45, 7) is 0.649. The summed E-state index contributed by atoms with van der Waals surface area (Å²) in [6, 6.07) is 3.40. The number of hydrogen-bond acceptors (Lipinski definition) is 5. The van der Waals surface area contributed by atoms with Crippen LogP contribution < -0.4 is 15.2 Å². The van der Waals surface area contributed by atoms with E-state index in [1.807, 2.05) is 0 Å². The minimum absolute atomic E-state index is 0.388. The van der Waals surface area contributed by atoms with Crippen molar-refractivity contribution in [2.24, 2.45) is 5.73 Å². The smallest absolute Gasteiger partial charge is 0.337 e. The van der Waals surface area contributed by atoms with Gasteiger partial charge in [-0.05, 0) is 43.5 Å². The van der Waals surface area contributed by atoms with Crippen LogP contribution in [0.1, 0.15) is 28.8 Å². The zero-order chi connectivity index (χ0) is 14.3. The fourth-order valence-electron chi connectivity index (χ4n) is 1.92. The fraction of sp³-hybridized carbons (Fsp3) is 0.500. The molecule has 19 heavy (non-hydrogen) atoms. The molecule has 0 aromatic heterocycles. The van der Waals surface area contributed by atoms with Gasteiger partial charge in [0.05, 0.1) is 26.9 Å². The van der Waals surface area contributed by atoms with Gasteiger partial charge in [-0.2, -0.15) is 0 Å². The number of unbranched alkanes of at least 4 members (excludes halogenated alkanes) is 1. The molecular formula is C14H21NO4. The van der Waals surface area contributed by atoms with Crippen LogP contribution in [0.3, 0.4) is 0 Å². The quantitative estimate of drug-likeness (QED) is 0.602. The average molecular weight is 267 g/mol. The Morgan fingerprint density at radius 2 is 1.89 bits per heavy atom. The molecule has 0 unspecified atom stereocenters. The second-order valence-electron chi connectivity index (χ2n) is 4.11. The number of benzene rings is 1. The first-order valence-corrected chi connectivity index (χ1v) is 6.21. The van der Waals surface area contributed by atoms with Crippen molar-refractivity contribution in [1.29, 1.82) is 0 Å². The van der Waals surface area contributed by atoms with E-state index in [0.29, 0.717) is 23.6 Å². The molecule has 0 spiro atoms. The normalized spacial score (nSPS) is 10.1. The Balaban J connectivity index is 3.12. The minimum Gasteiger partial charge on any atom is -0.493 e. The lowest BCUT2D eigenvalue weighted by Gasteiger charge is -2.14. The fourth-order valence-corrected chi connectivity index (χ4v) is 1.92. The third-order valence-corrected chi connectivity index (χ3v) is 2.88. The van der Waals surface area contributed by atoms with Crippen LogP contribution in [0.25, 0.3) is 0 Å². The molecular weight excluding hydrogens is 246 g/mol. The Hall–Kier alpha value is -1.75. The van der Waals surface area contributed by atoms with Crippen LogP contribution in [-0.2, 0) is 11.2 Å². The standard InChI is InChI=1S/C14H21NO4/c1-17-12-9-11(14(16)19-3)8-10(13(12)18-2)6-4-5-7-15/h8-9H,4-7,15H2,1-3H3. The molecule has 106 valence electrons. The average Bonchev–Trinajstić information content (AvgIpc) is 2.45. The summed E-state index contributed by atoms with van der Waals surface area (Å²) in [5.74, 6) is 0.807. The molecule has 0 atom stereocenters. The SMILES string of the molecule is COC(=O)c1cc(CCCCN)c(OC)c(OC)c1. The van der Waals surface area contributed by atoms with Gasteiger partial charge in [0.2, 0.25) is 0 Å². The highest BCUT2D eigenvalue weighted by Crippen LogP contribution is 2.33. The molecule has 0 bridgehead atoms.